The van der Waals surface area contributed by atoms with Crippen LogP contribution in [-0.4, -0.2) is 69.9 Å². The van der Waals surface area contributed by atoms with Gasteiger partial charge in [-0.3, -0.25) is 14.6 Å². The van der Waals surface area contributed by atoms with Crippen LogP contribution in [-0.2, 0) is 19.4 Å². The van der Waals surface area contributed by atoms with Crippen LogP contribution in [0.25, 0.3) is 10.2 Å². The number of sulfone groups is 1. The highest BCUT2D eigenvalue weighted by Crippen LogP contribution is 2.34. The molecule has 0 unspecified atom stereocenters. The third-order valence-electron chi connectivity index (χ3n) is 6.53. The van der Waals surface area contributed by atoms with E-state index in [-0.39, 0.29) is 10.8 Å². The number of morpholine rings is 1. The zero-order valence-corrected chi connectivity index (χ0v) is 22.2. The molecule has 0 aliphatic carbocycles. The predicted molar refractivity (Wildman–Crippen MR) is 147 cm³/mol. The van der Waals surface area contributed by atoms with Crippen molar-refractivity contribution in [1.29, 1.82) is 0 Å². The number of amides is 1. The second-order valence-corrected chi connectivity index (χ2v) is 12.1. The molecule has 0 atom stereocenters. The van der Waals surface area contributed by atoms with Crippen molar-refractivity contribution in [2.24, 2.45) is 0 Å². The Morgan fingerprint density at radius 1 is 1.00 bits per heavy atom. The first kappa shape index (κ1) is 25.5. The van der Waals surface area contributed by atoms with E-state index in [1.165, 1.54) is 17.6 Å². The zero-order chi connectivity index (χ0) is 25.8. The van der Waals surface area contributed by atoms with Crippen LogP contribution in [0.5, 0.6) is 0 Å². The van der Waals surface area contributed by atoms with Crippen LogP contribution in [0.4, 0.5) is 5.13 Å². The second-order valence-electron chi connectivity index (χ2n) is 9.10. The lowest BCUT2D eigenvalue weighted by Crippen LogP contribution is -2.44. The molecule has 1 aromatic heterocycles. The van der Waals surface area contributed by atoms with Crippen LogP contribution < -0.4 is 4.90 Å². The molecule has 0 bridgehead atoms. The lowest BCUT2D eigenvalue weighted by molar-refractivity contribution is -0.119. The summed E-state index contributed by atoms with van der Waals surface area (Å²) in [6.07, 6.45) is 1.19. The number of aromatic nitrogens is 1. The van der Waals surface area contributed by atoms with Crippen LogP contribution in [0.3, 0.4) is 0 Å². The van der Waals surface area contributed by atoms with Crippen LogP contribution in [0, 0.1) is 0 Å². The summed E-state index contributed by atoms with van der Waals surface area (Å²) < 4.78 is 30.4. The van der Waals surface area contributed by atoms with Gasteiger partial charge in [0.2, 0.25) is 5.91 Å². The Hall–Kier alpha value is -3.11. The molecule has 1 fully saturated rings. The van der Waals surface area contributed by atoms with Crippen molar-refractivity contribution in [2.75, 3.05) is 50.5 Å². The van der Waals surface area contributed by atoms with E-state index in [0.717, 1.165) is 28.9 Å². The van der Waals surface area contributed by atoms with Gasteiger partial charge in [-0.2, -0.15) is 0 Å². The van der Waals surface area contributed by atoms with Gasteiger partial charge < -0.3 is 4.74 Å². The number of carbonyl (C=O) groups excluding carboxylic acids is 1. The number of carbonyl (C=O) groups is 1. The highest BCUT2D eigenvalue weighted by atomic mass is 32.2. The van der Waals surface area contributed by atoms with E-state index in [1.807, 2.05) is 60.7 Å². The first-order valence-corrected chi connectivity index (χ1v) is 14.9. The molecule has 3 aromatic carbocycles. The van der Waals surface area contributed by atoms with E-state index in [9.17, 15) is 13.2 Å². The van der Waals surface area contributed by atoms with Gasteiger partial charge in [0.25, 0.3) is 0 Å². The topological polar surface area (TPSA) is 79.8 Å². The van der Waals surface area contributed by atoms with Crippen molar-refractivity contribution in [2.45, 2.75) is 10.8 Å². The zero-order valence-electron chi connectivity index (χ0n) is 20.6. The SMILES string of the molecule is CS(=O)(=O)c1ccc2nc(N(CCN3CCOCC3)C(=O)C(c3ccccc3)c3ccccc3)sc2c1. The summed E-state index contributed by atoms with van der Waals surface area (Å²) in [4.78, 5) is 23.5. The molecule has 0 radical (unpaired) electrons. The van der Waals surface area contributed by atoms with E-state index < -0.39 is 15.8 Å². The van der Waals surface area contributed by atoms with Crippen molar-refractivity contribution in [3.8, 4) is 0 Å². The van der Waals surface area contributed by atoms with Gasteiger partial charge in [0.1, 0.15) is 0 Å². The molecule has 5 rings (SSSR count). The lowest BCUT2D eigenvalue weighted by Gasteiger charge is -2.31. The quantitative estimate of drug-likeness (QED) is 0.337. The van der Waals surface area contributed by atoms with Gasteiger partial charge in [-0.1, -0.05) is 72.0 Å². The number of thiazole rings is 1. The highest BCUT2D eigenvalue weighted by molar-refractivity contribution is 7.90. The van der Waals surface area contributed by atoms with Crippen LogP contribution in [0.1, 0.15) is 17.0 Å². The van der Waals surface area contributed by atoms with E-state index in [1.54, 1.807) is 23.1 Å². The van der Waals surface area contributed by atoms with Crippen molar-refractivity contribution >= 4 is 42.4 Å². The molecule has 1 amide bonds. The summed E-state index contributed by atoms with van der Waals surface area (Å²) in [7, 11) is -3.35. The van der Waals surface area contributed by atoms with Crippen LogP contribution >= 0.6 is 11.3 Å². The smallest absolute Gasteiger partial charge is 0.240 e. The number of anilines is 1. The Morgan fingerprint density at radius 3 is 2.22 bits per heavy atom. The van der Waals surface area contributed by atoms with Gasteiger partial charge in [0.05, 0.1) is 34.2 Å². The summed E-state index contributed by atoms with van der Waals surface area (Å²) in [5.74, 6) is -0.557. The number of rotatable bonds is 8. The van der Waals surface area contributed by atoms with Gasteiger partial charge in [0, 0.05) is 32.4 Å². The molecule has 9 heteroatoms. The van der Waals surface area contributed by atoms with Crippen LogP contribution in [0.2, 0.25) is 0 Å². The maximum absolute atomic E-state index is 14.4. The Bertz CT molecular complexity index is 1430. The molecular formula is C28H29N3O4S2. The van der Waals surface area contributed by atoms with Gasteiger partial charge >= 0.3 is 0 Å². The number of ether oxygens (including phenoxy) is 1. The van der Waals surface area contributed by atoms with Crippen molar-refractivity contribution in [1.82, 2.24) is 9.88 Å². The fraction of sp³-hybridized carbons (Fsp3) is 0.286. The third kappa shape index (κ3) is 5.91. The van der Waals surface area contributed by atoms with Gasteiger partial charge in [-0.25, -0.2) is 13.4 Å². The maximum atomic E-state index is 14.4. The number of hydrogen-bond acceptors (Lipinski definition) is 7. The fourth-order valence-corrected chi connectivity index (χ4v) is 6.29. The number of hydrogen-bond donors (Lipinski definition) is 0. The molecule has 1 aliphatic heterocycles. The average molecular weight is 536 g/mol. The maximum Gasteiger partial charge on any atom is 0.240 e. The average Bonchev–Trinajstić information content (AvgIpc) is 3.33. The van der Waals surface area contributed by atoms with Gasteiger partial charge in [-0.15, -0.1) is 0 Å². The normalized spacial score (nSPS) is 14.8. The minimum absolute atomic E-state index is 0.0620. The Kier molecular flexibility index (Phi) is 7.66. The summed E-state index contributed by atoms with van der Waals surface area (Å²) >= 11 is 1.34. The summed E-state index contributed by atoms with van der Waals surface area (Å²) in [6, 6.07) is 24.5. The summed E-state index contributed by atoms with van der Waals surface area (Å²) in [6.45, 7) is 4.16. The monoisotopic (exact) mass is 535 g/mol. The van der Waals surface area contributed by atoms with Crippen molar-refractivity contribution in [3.63, 3.8) is 0 Å². The van der Waals surface area contributed by atoms with E-state index in [4.69, 9.17) is 9.72 Å². The van der Waals surface area contributed by atoms with Gasteiger partial charge in [-0.05, 0) is 29.3 Å². The summed E-state index contributed by atoms with van der Waals surface area (Å²) in [5, 5.41) is 0.566. The molecule has 0 N–H and O–H groups in total. The molecule has 0 spiro atoms. The molecular weight excluding hydrogens is 506 g/mol. The Balaban J connectivity index is 1.55. The molecule has 4 aromatic rings. The molecule has 0 saturated carbocycles. The number of fused-ring (bicyclic) bond motifs is 1. The number of benzene rings is 3. The highest BCUT2D eigenvalue weighted by Gasteiger charge is 2.30. The third-order valence-corrected chi connectivity index (χ3v) is 8.68. The first-order chi connectivity index (χ1) is 17.9. The molecule has 7 nitrogen and oxygen atoms in total. The molecule has 1 aliphatic rings. The van der Waals surface area contributed by atoms with Gasteiger partial charge in [0.15, 0.2) is 15.0 Å². The van der Waals surface area contributed by atoms with E-state index in [0.29, 0.717) is 37.0 Å². The Morgan fingerprint density at radius 2 is 1.62 bits per heavy atom. The lowest BCUT2D eigenvalue weighted by atomic mass is 9.90. The molecule has 1 saturated heterocycles. The minimum atomic E-state index is -3.35. The van der Waals surface area contributed by atoms with E-state index in [2.05, 4.69) is 4.90 Å². The minimum Gasteiger partial charge on any atom is -0.379 e. The largest absolute Gasteiger partial charge is 0.379 e. The molecule has 2 heterocycles. The van der Waals surface area contributed by atoms with Crippen molar-refractivity contribution < 1.29 is 17.9 Å². The summed E-state index contributed by atoms with van der Waals surface area (Å²) in [5.41, 5.74) is 2.50. The fourth-order valence-electron chi connectivity index (χ4n) is 4.53. The standard InChI is InChI=1S/C28H29N3O4S2/c1-37(33,34)23-12-13-24-25(20-23)36-28(29-24)31(15-14-30-16-18-35-19-17-30)27(32)26(21-8-4-2-5-9-21)22-10-6-3-7-11-22/h2-13,20,26H,14-19H2,1H3. The predicted octanol–water partition coefficient (Wildman–Crippen LogP) is 4.20. The number of nitrogens with zero attached hydrogens (tertiary/aromatic N) is 3. The van der Waals surface area contributed by atoms with Crippen LogP contribution in [0.15, 0.2) is 83.8 Å². The first-order valence-electron chi connectivity index (χ1n) is 12.2. The molecule has 192 valence electrons. The second kappa shape index (κ2) is 11.1. The molecule has 37 heavy (non-hydrogen) atoms. The Labute approximate surface area is 221 Å². The van der Waals surface area contributed by atoms with Crippen molar-refractivity contribution in [3.05, 3.63) is 90.0 Å². The van der Waals surface area contributed by atoms with E-state index >= 15 is 0 Å².